The SMILES string of the molecule is CCN(CC1CCN(C(=O)C(N)C(C)C)CC1)C(C)=O. The quantitative estimate of drug-likeness (QED) is 0.821. The van der Waals surface area contributed by atoms with Crippen molar-refractivity contribution in [3.63, 3.8) is 0 Å². The maximum atomic E-state index is 12.2. The van der Waals surface area contributed by atoms with Gasteiger partial charge >= 0.3 is 0 Å². The van der Waals surface area contributed by atoms with E-state index in [1.54, 1.807) is 6.92 Å². The molecule has 2 N–H and O–H groups in total. The van der Waals surface area contributed by atoms with Gasteiger partial charge in [0, 0.05) is 33.1 Å². The van der Waals surface area contributed by atoms with E-state index in [0.717, 1.165) is 39.0 Å². The van der Waals surface area contributed by atoms with E-state index in [1.807, 2.05) is 30.6 Å². The third kappa shape index (κ3) is 4.47. The largest absolute Gasteiger partial charge is 0.343 e. The molecule has 1 aliphatic heterocycles. The van der Waals surface area contributed by atoms with Crippen LogP contribution in [0.4, 0.5) is 0 Å². The van der Waals surface area contributed by atoms with Crippen LogP contribution in [0.2, 0.25) is 0 Å². The summed E-state index contributed by atoms with van der Waals surface area (Å²) in [6, 6.07) is -0.393. The van der Waals surface area contributed by atoms with Gasteiger partial charge in [0.1, 0.15) is 0 Å². The summed E-state index contributed by atoms with van der Waals surface area (Å²) in [4.78, 5) is 27.4. The number of hydrogen-bond acceptors (Lipinski definition) is 3. The fourth-order valence-corrected chi connectivity index (χ4v) is 2.62. The van der Waals surface area contributed by atoms with Crippen molar-refractivity contribution >= 4 is 11.8 Å². The van der Waals surface area contributed by atoms with Crippen LogP contribution in [0.1, 0.15) is 40.5 Å². The number of nitrogens with zero attached hydrogens (tertiary/aromatic N) is 2. The summed E-state index contributed by atoms with van der Waals surface area (Å²) in [6.45, 7) is 10.7. The van der Waals surface area contributed by atoms with Gasteiger partial charge in [0.15, 0.2) is 0 Å². The highest BCUT2D eigenvalue weighted by Gasteiger charge is 2.28. The number of likely N-dealkylation sites (tertiary alicyclic amines) is 1. The van der Waals surface area contributed by atoms with Crippen molar-refractivity contribution in [3.05, 3.63) is 0 Å². The van der Waals surface area contributed by atoms with Crippen molar-refractivity contribution in [3.8, 4) is 0 Å². The topological polar surface area (TPSA) is 66.6 Å². The van der Waals surface area contributed by atoms with Crippen molar-refractivity contribution in [2.24, 2.45) is 17.6 Å². The van der Waals surface area contributed by atoms with E-state index in [0.29, 0.717) is 5.92 Å². The zero-order valence-corrected chi connectivity index (χ0v) is 13.3. The van der Waals surface area contributed by atoms with Gasteiger partial charge in [-0.1, -0.05) is 13.8 Å². The number of carbonyl (C=O) groups excluding carboxylic acids is 2. The average Bonchev–Trinajstić information content (AvgIpc) is 2.43. The average molecular weight is 283 g/mol. The molecule has 0 saturated carbocycles. The molecule has 0 aromatic heterocycles. The standard InChI is InChI=1S/C15H29N3O2/c1-5-17(12(4)19)10-13-6-8-18(9-7-13)15(20)14(16)11(2)3/h11,13-14H,5-10,16H2,1-4H3. The molecule has 1 heterocycles. The first kappa shape index (κ1) is 17.0. The second-order valence-corrected chi connectivity index (χ2v) is 6.10. The number of amides is 2. The lowest BCUT2D eigenvalue weighted by atomic mass is 9.94. The summed E-state index contributed by atoms with van der Waals surface area (Å²) < 4.78 is 0. The number of hydrogen-bond donors (Lipinski definition) is 1. The minimum Gasteiger partial charge on any atom is -0.343 e. The Hall–Kier alpha value is -1.10. The van der Waals surface area contributed by atoms with Crippen LogP contribution in [0.15, 0.2) is 0 Å². The van der Waals surface area contributed by atoms with Crippen LogP contribution in [0.25, 0.3) is 0 Å². The van der Waals surface area contributed by atoms with Gasteiger partial charge in [0.2, 0.25) is 11.8 Å². The van der Waals surface area contributed by atoms with Crippen molar-refractivity contribution in [2.45, 2.75) is 46.6 Å². The molecule has 0 aromatic rings. The first-order valence-electron chi connectivity index (χ1n) is 7.66. The van der Waals surface area contributed by atoms with Gasteiger partial charge in [-0.2, -0.15) is 0 Å². The molecule has 116 valence electrons. The molecule has 1 unspecified atom stereocenters. The smallest absolute Gasteiger partial charge is 0.239 e. The highest BCUT2D eigenvalue weighted by molar-refractivity contribution is 5.82. The normalized spacial score (nSPS) is 18.2. The molecule has 5 heteroatoms. The van der Waals surface area contributed by atoms with Crippen LogP contribution in [0.5, 0.6) is 0 Å². The molecule has 1 fully saturated rings. The summed E-state index contributed by atoms with van der Waals surface area (Å²) in [5.41, 5.74) is 5.92. The summed E-state index contributed by atoms with van der Waals surface area (Å²) in [6.07, 6.45) is 1.92. The van der Waals surface area contributed by atoms with Crippen LogP contribution in [-0.4, -0.2) is 53.8 Å². The number of piperidine rings is 1. The van der Waals surface area contributed by atoms with Crippen molar-refractivity contribution < 1.29 is 9.59 Å². The Morgan fingerprint density at radius 1 is 1.30 bits per heavy atom. The minimum atomic E-state index is -0.393. The molecular weight excluding hydrogens is 254 g/mol. The van der Waals surface area contributed by atoms with Crippen molar-refractivity contribution in [2.75, 3.05) is 26.2 Å². The molecule has 1 aliphatic rings. The highest BCUT2D eigenvalue weighted by Crippen LogP contribution is 2.19. The molecular formula is C15H29N3O2. The molecule has 1 atom stereocenters. The molecule has 1 saturated heterocycles. The zero-order valence-electron chi connectivity index (χ0n) is 13.3. The molecule has 0 aromatic carbocycles. The fourth-order valence-electron chi connectivity index (χ4n) is 2.62. The van der Waals surface area contributed by atoms with Crippen LogP contribution < -0.4 is 5.73 Å². The lowest BCUT2D eigenvalue weighted by Gasteiger charge is -2.36. The number of carbonyl (C=O) groups is 2. The summed E-state index contributed by atoms with van der Waals surface area (Å²) in [5, 5.41) is 0. The summed E-state index contributed by atoms with van der Waals surface area (Å²) in [5.74, 6) is 0.872. The van der Waals surface area contributed by atoms with Crippen LogP contribution in [0.3, 0.4) is 0 Å². The Labute approximate surface area is 122 Å². The second-order valence-electron chi connectivity index (χ2n) is 6.10. The fraction of sp³-hybridized carbons (Fsp3) is 0.867. The third-order valence-corrected chi connectivity index (χ3v) is 4.24. The maximum absolute atomic E-state index is 12.2. The van der Waals surface area contributed by atoms with E-state index in [-0.39, 0.29) is 17.7 Å². The van der Waals surface area contributed by atoms with Gasteiger partial charge in [-0.15, -0.1) is 0 Å². The van der Waals surface area contributed by atoms with Gasteiger partial charge in [-0.3, -0.25) is 9.59 Å². The van der Waals surface area contributed by atoms with E-state index in [4.69, 9.17) is 5.73 Å². The van der Waals surface area contributed by atoms with Gasteiger partial charge in [0.05, 0.1) is 6.04 Å². The first-order valence-corrected chi connectivity index (χ1v) is 7.66. The lowest BCUT2D eigenvalue weighted by Crippen LogP contribution is -2.50. The van der Waals surface area contributed by atoms with Crippen molar-refractivity contribution in [1.82, 2.24) is 9.80 Å². The van der Waals surface area contributed by atoms with Crippen molar-refractivity contribution in [1.29, 1.82) is 0 Å². The van der Waals surface area contributed by atoms with Gasteiger partial charge < -0.3 is 15.5 Å². The Morgan fingerprint density at radius 2 is 1.85 bits per heavy atom. The van der Waals surface area contributed by atoms with Gasteiger partial charge in [0.25, 0.3) is 0 Å². The molecule has 2 amide bonds. The van der Waals surface area contributed by atoms with Gasteiger partial charge in [-0.05, 0) is 31.6 Å². The Balaban J connectivity index is 2.44. The lowest BCUT2D eigenvalue weighted by molar-refractivity contribution is -0.136. The first-order chi connectivity index (χ1) is 9.36. The van der Waals surface area contributed by atoms with E-state index in [9.17, 15) is 9.59 Å². The molecule has 5 nitrogen and oxygen atoms in total. The molecule has 0 aliphatic carbocycles. The predicted molar refractivity (Wildman–Crippen MR) is 80.0 cm³/mol. The Kier molecular flexibility index (Phi) is 6.46. The van der Waals surface area contributed by atoms with E-state index in [2.05, 4.69) is 0 Å². The van der Waals surface area contributed by atoms with E-state index >= 15 is 0 Å². The second kappa shape index (κ2) is 7.62. The summed E-state index contributed by atoms with van der Waals surface area (Å²) >= 11 is 0. The van der Waals surface area contributed by atoms with E-state index in [1.165, 1.54) is 0 Å². The van der Waals surface area contributed by atoms with Crippen LogP contribution >= 0.6 is 0 Å². The predicted octanol–water partition coefficient (Wildman–Crippen LogP) is 1.08. The minimum absolute atomic E-state index is 0.0670. The Bertz CT molecular complexity index is 336. The Morgan fingerprint density at radius 3 is 2.25 bits per heavy atom. The molecule has 0 spiro atoms. The van der Waals surface area contributed by atoms with Crippen LogP contribution in [0, 0.1) is 11.8 Å². The van der Waals surface area contributed by atoms with Crippen LogP contribution in [-0.2, 0) is 9.59 Å². The maximum Gasteiger partial charge on any atom is 0.239 e. The summed E-state index contributed by atoms with van der Waals surface area (Å²) in [7, 11) is 0. The molecule has 1 rings (SSSR count). The van der Waals surface area contributed by atoms with Gasteiger partial charge in [-0.25, -0.2) is 0 Å². The highest BCUT2D eigenvalue weighted by atomic mass is 16.2. The van der Waals surface area contributed by atoms with E-state index < -0.39 is 6.04 Å². The zero-order chi connectivity index (χ0) is 15.3. The number of nitrogens with two attached hydrogens (primary N) is 1. The monoisotopic (exact) mass is 283 g/mol. The molecule has 0 radical (unpaired) electrons. The molecule has 0 bridgehead atoms. The third-order valence-electron chi connectivity index (χ3n) is 4.24. The number of rotatable bonds is 5. The molecule has 20 heavy (non-hydrogen) atoms.